The molecular weight excluding hydrogens is 299 g/mol. The summed E-state index contributed by atoms with van der Waals surface area (Å²) in [6, 6.07) is 27.6. The van der Waals surface area contributed by atoms with Crippen LogP contribution in [-0.2, 0) is 0 Å². The van der Waals surface area contributed by atoms with Crippen LogP contribution >= 0.6 is 0 Å². The van der Waals surface area contributed by atoms with Crippen molar-refractivity contribution in [2.45, 2.75) is 12.1 Å². The molecule has 3 aromatic carbocycles. The Morgan fingerprint density at radius 2 is 1.21 bits per heavy atom. The second-order valence-electron chi connectivity index (χ2n) is 5.53. The SMILES string of the molecule is N#CC(NC(c1ccccc1)c1ccccc1)c1ccc(F)cc1. The fourth-order valence-electron chi connectivity index (χ4n) is 2.71. The maximum Gasteiger partial charge on any atom is 0.123 e. The molecule has 0 aliphatic rings. The summed E-state index contributed by atoms with van der Waals surface area (Å²) in [5.41, 5.74) is 2.90. The van der Waals surface area contributed by atoms with E-state index in [4.69, 9.17) is 0 Å². The molecule has 1 atom stereocenters. The molecule has 1 unspecified atom stereocenters. The van der Waals surface area contributed by atoms with E-state index >= 15 is 0 Å². The van der Waals surface area contributed by atoms with E-state index < -0.39 is 6.04 Å². The number of nitrogens with one attached hydrogen (secondary N) is 1. The van der Waals surface area contributed by atoms with Gasteiger partial charge in [0.15, 0.2) is 0 Å². The maximum absolute atomic E-state index is 13.1. The van der Waals surface area contributed by atoms with Gasteiger partial charge in [0.05, 0.1) is 12.1 Å². The van der Waals surface area contributed by atoms with Gasteiger partial charge in [0.2, 0.25) is 0 Å². The number of nitrogens with zero attached hydrogens (tertiary/aromatic N) is 1. The van der Waals surface area contributed by atoms with Crippen molar-refractivity contribution in [3.05, 3.63) is 107 Å². The number of hydrogen-bond acceptors (Lipinski definition) is 2. The van der Waals surface area contributed by atoms with Crippen LogP contribution in [0.15, 0.2) is 84.9 Å². The Morgan fingerprint density at radius 3 is 1.67 bits per heavy atom. The fraction of sp³-hybridized carbons (Fsp3) is 0.0952. The number of rotatable bonds is 5. The summed E-state index contributed by atoms with van der Waals surface area (Å²) in [5.74, 6) is -0.307. The lowest BCUT2D eigenvalue weighted by Gasteiger charge is -2.23. The zero-order valence-electron chi connectivity index (χ0n) is 13.1. The van der Waals surface area contributed by atoms with Gasteiger partial charge in [-0.15, -0.1) is 0 Å². The third kappa shape index (κ3) is 3.68. The first-order chi connectivity index (χ1) is 11.8. The van der Waals surface area contributed by atoms with Gasteiger partial charge in [-0.3, -0.25) is 5.32 Å². The molecule has 0 aliphatic carbocycles. The van der Waals surface area contributed by atoms with Gasteiger partial charge in [-0.25, -0.2) is 4.39 Å². The molecular formula is C21H17FN2. The minimum absolute atomic E-state index is 0.123. The standard InChI is InChI=1S/C21H17FN2/c22-19-13-11-16(12-14-19)20(15-23)24-21(17-7-3-1-4-8-17)18-9-5-2-6-10-18/h1-14,20-21,24H. The highest BCUT2D eigenvalue weighted by Crippen LogP contribution is 2.26. The van der Waals surface area contributed by atoms with Crippen LogP contribution in [0, 0.1) is 17.1 Å². The first-order valence-corrected chi connectivity index (χ1v) is 7.79. The molecule has 0 saturated carbocycles. The van der Waals surface area contributed by atoms with Gasteiger partial charge in [-0.2, -0.15) is 5.26 Å². The molecule has 0 spiro atoms. The second-order valence-corrected chi connectivity index (χ2v) is 5.53. The van der Waals surface area contributed by atoms with Crippen LogP contribution in [-0.4, -0.2) is 0 Å². The van der Waals surface area contributed by atoms with Crippen LogP contribution in [0.5, 0.6) is 0 Å². The second kappa shape index (κ2) is 7.54. The molecule has 0 heterocycles. The summed E-state index contributed by atoms with van der Waals surface area (Å²) in [6.45, 7) is 0. The lowest BCUT2D eigenvalue weighted by Crippen LogP contribution is -2.26. The largest absolute Gasteiger partial charge is 0.287 e. The Morgan fingerprint density at radius 1 is 0.708 bits per heavy atom. The number of nitriles is 1. The highest BCUT2D eigenvalue weighted by Gasteiger charge is 2.19. The van der Waals surface area contributed by atoms with Crippen molar-refractivity contribution in [3.63, 3.8) is 0 Å². The van der Waals surface area contributed by atoms with Crippen LogP contribution in [0.25, 0.3) is 0 Å². The van der Waals surface area contributed by atoms with E-state index in [0.29, 0.717) is 0 Å². The molecule has 0 amide bonds. The minimum atomic E-state index is -0.531. The number of halogens is 1. The van der Waals surface area contributed by atoms with E-state index in [1.54, 1.807) is 12.1 Å². The third-order valence-electron chi connectivity index (χ3n) is 3.93. The zero-order chi connectivity index (χ0) is 16.8. The van der Waals surface area contributed by atoms with Gasteiger partial charge in [0, 0.05) is 0 Å². The van der Waals surface area contributed by atoms with Gasteiger partial charge < -0.3 is 0 Å². The monoisotopic (exact) mass is 316 g/mol. The van der Waals surface area contributed by atoms with Crippen molar-refractivity contribution in [3.8, 4) is 6.07 Å². The molecule has 0 radical (unpaired) electrons. The van der Waals surface area contributed by atoms with E-state index in [0.717, 1.165) is 16.7 Å². The molecule has 118 valence electrons. The van der Waals surface area contributed by atoms with Gasteiger partial charge in [-0.05, 0) is 28.8 Å². The van der Waals surface area contributed by atoms with Crippen molar-refractivity contribution in [1.82, 2.24) is 5.32 Å². The average molecular weight is 316 g/mol. The third-order valence-corrected chi connectivity index (χ3v) is 3.93. The smallest absolute Gasteiger partial charge is 0.123 e. The lowest BCUT2D eigenvalue weighted by atomic mass is 9.96. The van der Waals surface area contributed by atoms with Crippen LogP contribution in [0.3, 0.4) is 0 Å². The Hall–Kier alpha value is -2.96. The summed E-state index contributed by atoms with van der Waals surface area (Å²) >= 11 is 0. The predicted octanol–water partition coefficient (Wildman–Crippen LogP) is 4.77. The molecule has 3 heteroatoms. The van der Waals surface area contributed by atoms with Gasteiger partial charge in [0.1, 0.15) is 11.9 Å². The van der Waals surface area contributed by atoms with Crippen molar-refractivity contribution in [1.29, 1.82) is 5.26 Å². The molecule has 0 fully saturated rings. The fourth-order valence-corrected chi connectivity index (χ4v) is 2.71. The van der Waals surface area contributed by atoms with E-state index in [1.165, 1.54) is 12.1 Å². The van der Waals surface area contributed by atoms with Crippen molar-refractivity contribution in [2.75, 3.05) is 0 Å². The lowest BCUT2D eigenvalue weighted by molar-refractivity contribution is 0.557. The normalized spacial score (nSPS) is 11.9. The predicted molar refractivity (Wildman–Crippen MR) is 92.6 cm³/mol. The van der Waals surface area contributed by atoms with Crippen molar-refractivity contribution >= 4 is 0 Å². The quantitative estimate of drug-likeness (QED) is 0.736. The molecule has 0 aliphatic heterocycles. The molecule has 3 aromatic rings. The summed E-state index contributed by atoms with van der Waals surface area (Å²) in [7, 11) is 0. The van der Waals surface area contributed by atoms with E-state index in [1.807, 2.05) is 60.7 Å². The molecule has 0 aromatic heterocycles. The van der Waals surface area contributed by atoms with Crippen molar-refractivity contribution in [2.24, 2.45) is 0 Å². The first-order valence-electron chi connectivity index (χ1n) is 7.79. The van der Waals surface area contributed by atoms with Gasteiger partial charge in [-0.1, -0.05) is 72.8 Å². The summed E-state index contributed by atoms with van der Waals surface area (Å²) in [4.78, 5) is 0. The molecule has 2 nitrogen and oxygen atoms in total. The van der Waals surface area contributed by atoms with Gasteiger partial charge in [0.25, 0.3) is 0 Å². The molecule has 3 rings (SSSR count). The Bertz CT molecular complexity index is 768. The summed E-state index contributed by atoms with van der Waals surface area (Å²) < 4.78 is 13.1. The Balaban J connectivity index is 1.94. The van der Waals surface area contributed by atoms with E-state index in [2.05, 4.69) is 11.4 Å². The molecule has 0 saturated heterocycles. The summed E-state index contributed by atoms with van der Waals surface area (Å²) in [5, 5.41) is 13.0. The Labute approximate surface area is 141 Å². The highest BCUT2D eigenvalue weighted by molar-refractivity contribution is 5.34. The van der Waals surface area contributed by atoms with Crippen LogP contribution in [0.4, 0.5) is 4.39 Å². The van der Waals surface area contributed by atoms with Crippen LogP contribution in [0.2, 0.25) is 0 Å². The summed E-state index contributed by atoms with van der Waals surface area (Å²) in [6.07, 6.45) is 0. The maximum atomic E-state index is 13.1. The first kappa shape index (κ1) is 15.9. The average Bonchev–Trinajstić information content (AvgIpc) is 2.65. The van der Waals surface area contributed by atoms with E-state index in [9.17, 15) is 9.65 Å². The van der Waals surface area contributed by atoms with Crippen LogP contribution in [0.1, 0.15) is 28.8 Å². The topological polar surface area (TPSA) is 35.8 Å². The number of benzene rings is 3. The molecule has 0 bridgehead atoms. The van der Waals surface area contributed by atoms with Gasteiger partial charge >= 0.3 is 0 Å². The highest BCUT2D eigenvalue weighted by atomic mass is 19.1. The minimum Gasteiger partial charge on any atom is -0.287 e. The van der Waals surface area contributed by atoms with Crippen molar-refractivity contribution < 1.29 is 4.39 Å². The Kier molecular flexibility index (Phi) is 5.00. The zero-order valence-corrected chi connectivity index (χ0v) is 13.1. The number of hydrogen-bond donors (Lipinski definition) is 1. The molecule has 1 N–H and O–H groups in total. The van der Waals surface area contributed by atoms with Crippen LogP contribution < -0.4 is 5.32 Å². The van der Waals surface area contributed by atoms with E-state index in [-0.39, 0.29) is 11.9 Å². The molecule has 24 heavy (non-hydrogen) atoms.